The fraction of sp³-hybridized carbons (Fsp3) is 0.500. The minimum atomic E-state index is -0.926. The normalized spacial score (nSPS) is 12.3. The van der Waals surface area contributed by atoms with E-state index in [4.69, 9.17) is 9.47 Å². The van der Waals surface area contributed by atoms with Crippen LogP contribution in [0.2, 0.25) is 0 Å². The minimum Gasteiger partial charge on any atom is -0.497 e. The number of aliphatic hydroxyl groups is 1. The number of imidazole rings is 1. The molecule has 3 aromatic rings. The van der Waals surface area contributed by atoms with Crippen LogP contribution in [0.3, 0.4) is 0 Å². The van der Waals surface area contributed by atoms with E-state index in [1.54, 1.807) is 43.0 Å². The van der Waals surface area contributed by atoms with Crippen LogP contribution in [0.15, 0.2) is 33.9 Å². The zero-order chi connectivity index (χ0) is 24.0. The van der Waals surface area contributed by atoms with Crippen LogP contribution in [0, 0.1) is 0 Å². The second-order valence-corrected chi connectivity index (χ2v) is 7.63. The predicted octanol–water partition coefficient (Wildman–Crippen LogP) is 0.626. The van der Waals surface area contributed by atoms with Gasteiger partial charge in [-0.3, -0.25) is 14.3 Å². The molecular formula is C22H32N6O5. The van der Waals surface area contributed by atoms with Gasteiger partial charge in [0.05, 0.1) is 13.7 Å². The summed E-state index contributed by atoms with van der Waals surface area (Å²) < 4.78 is 13.7. The Kier molecular flexibility index (Phi) is 8.12. The van der Waals surface area contributed by atoms with Crippen LogP contribution < -0.4 is 26.0 Å². The number of nitrogens with one attached hydrogen (secondary N) is 2. The van der Waals surface area contributed by atoms with Crippen molar-refractivity contribution in [3.05, 3.63) is 45.1 Å². The highest BCUT2D eigenvalue weighted by Gasteiger charge is 2.20. The molecule has 0 amide bonds. The number of aromatic amines is 1. The van der Waals surface area contributed by atoms with Crippen LogP contribution in [0.25, 0.3) is 11.2 Å². The maximum absolute atomic E-state index is 12.6. The molecule has 0 aliphatic rings. The molecule has 0 aliphatic heterocycles. The molecular weight excluding hydrogens is 428 g/mol. The van der Waals surface area contributed by atoms with Crippen LogP contribution in [0.5, 0.6) is 11.5 Å². The number of hydrogen-bond acceptors (Lipinski definition) is 8. The first kappa shape index (κ1) is 24.3. The Morgan fingerprint density at radius 2 is 1.85 bits per heavy atom. The Hall–Kier alpha value is -3.31. The third kappa shape index (κ3) is 5.74. The van der Waals surface area contributed by atoms with Crippen LogP contribution >= 0.6 is 0 Å². The standard InChI is InChI=1S/C22H32N6O5/c1-5-27(6-2)12-11-23-21-24-19-18(20(30)25-22(31)26(19)3)28(21)13-15(29)14-33-17-9-7-16(32-4)8-10-17/h7-10,15,29H,5-6,11-14H2,1-4H3,(H,23,24)(H,25,30,31)/t15-/m0/s1. The molecule has 180 valence electrons. The van der Waals surface area contributed by atoms with E-state index in [9.17, 15) is 14.7 Å². The number of anilines is 1. The lowest BCUT2D eigenvalue weighted by Gasteiger charge is -2.19. The lowest BCUT2D eigenvalue weighted by atomic mass is 10.3. The lowest BCUT2D eigenvalue weighted by Crippen LogP contribution is -2.31. The van der Waals surface area contributed by atoms with E-state index >= 15 is 0 Å². The van der Waals surface area contributed by atoms with Crippen molar-refractivity contribution in [3.8, 4) is 11.5 Å². The van der Waals surface area contributed by atoms with E-state index in [2.05, 4.69) is 34.0 Å². The number of H-pyrrole nitrogens is 1. The number of ether oxygens (including phenoxy) is 2. The van der Waals surface area contributed by atoms with Gasteiger partial charge in [0, 0.05) is 20.1 Å². The monoisotopic (exact) mass is 460 g/mol. The Morgan fingerprint density at radius 3 is 2.48 bits per heavy atom. The number of aryl methyl sites for hydroxylation is 1. The van der Waals surface area contributed by atoms with Gasteiger partial charge in [-0.1, -0.05) is 13.8 Å². The molecule has 3 N–H and O–H groups in total. The van der Waals surface area contributed by atoms with Gasteiger partial charge < -0.3 is 29.4 Å². The Labute approximate surface area is 191 Å². The first-order chi connectivity index (χ1) is 15.9. The molecule has 33 heavy (non-hydrogen) atoms. The fourth-order valence-corrected chi connectivity index (χ4v) is 3.54. The molecule has 0 fully saturated rings. The number of rotatable bonds is 12. The predicted molar refractivity (Wildman–Crippen MR) is 126 cm³/mol. The van der Waals surface area contributed by atoms with Crippen molar-refractivity contribution in [1.29, 1.82) is 0 Å². The van der Waals surface area contributed by atoms with Gasteiger partial charge in [-0.15, -0.1) is 0 Å². The molecule has 0 saturated carbocycles. The lowest BCUT2D eigenvalue weighted by molar-refractivity contribution is 0.0938. The largest absolute Gasteiger partial charge is 0.497 e. The van der Waals surface area contributed by atoms with Crippen LogP contribution in [0.4, 0.5) is 5.95 Å². The smallest absolute Gasteiger partial charge is 0.329 e. The molecule has 11 nitrogen and oxygen atoms in total. The molecule has 2 aromatic heterocycles. The SMILES string of the molecule is CCN(CC)CCNc1nc2c(c(=O)[nH]c(=O)n2C)n1C[C@H](O)COc1ccc(OC)cc1. The van der Waals surface area contributed by atoms with Crippen LogP contribution in [0.1, 0.15) is 13.8 Å². The third-order valence-electron chi connectivity index (χ3n) is 5.51. The van der Waals surface area contributed by atoms with Gasteiger partial charge in [-0.2, -0.15) is 4.98 Å². The maximum Gasteiger partial charge on any atom is 0.329 e. The van der Waals surface area contributed by atoms with Crippen LogP contribution in [-0.4, -0.2) is 75.1 Å². The zero-order valence-corrected chi connectivity index (χ0v) is 19.5. The number of likely N-dealkylation sites (N-methyl/N-ethyl adjacent to an activating group) is 1. The van der Waals surface area contributed by atoms with Crippen molar-refractivity contribution in [2.75, 3.05) is 45.2 Å². The molecule has 11 heteroatoms. The van der Waals surface area contributed by atoms with E-state index in [0.717, 1.165) is 19.6 Å². The summed E-state index contributed by atoms with van der Waals surface area (Å²) in [7, 11) is 3.13. The van der Waals surface area contributed by atoms with Crippen molar-refractivity contribution >= 4 is 17.1 Å². The van der Waals surface area contributed by atoms with Gasteiger partial charge in [0.15, 0.2) is 11.2 Å². The van der Waals surface area contributed by atoms with Gasteiger partial charge in [0.2, 0.25) is 5.95 Å². The second kappa shape index (κ2) is 11.0. The highest BCUT2D eigenvalue weighted by Crippen LogP contribution is 2.19. The van der Waals surface area contributed by atoms with E-state index < -0.39 is 17.4 Å². The molecule has 1 atom stereocenters. The first-order valence-corrected chi connectivity index (χ1v) is 11.0. The van der Waals surface area contributed by atoms with Gasteiger partial charge in [0.25, 0.3) is 5.56 Å². The van der Waals surface area contributed by atoms with Gasteiger partial charge in [-0.25, -0.2) is 4.79 Å². The molecule has 0 radical (unpaired) electrons. The van der Waals surface area contributed by atoms with Gasteiger partial charge >= 0.3 is 5.69 Å². The van der Waals surface area contributed by atoms with Crippen LogP contribution in [-0.2, 0) is 13.6 Å². The maximum atomic E-state index is 12.6. The summed E-state index contributed by atoms with van der Waals surface area (Å²) in [6, 6.07) is 7.03. The molecule has 0 unspecified atom stereocenters. The average molecular weight is 461 g/mol. The van der Waals surface area contributed by atoms with Crippen molar-refractivity contribution in [2.24, 2.45) is 7.05 Å². The zero-order valence-electron chi connectivity index (χ0n) is 19.5. The molecule has 0 aliphatic carbocycles. The molecule has 0 saturated heterocycles. The number of fused-ring (bicyclic) bond motifs is 1. The van der Waals surface area contributed by atoms with E-state index in [0.29, 0.717) is 24.0 Å². The number of hydrogen-bond donors (Lipinski definition) is 3. The molecule has 0 spiro atoms. The topological polar surface area (TPSA) is 127 Å². The quantitative estimate of drug-likeness (QED) is 0.359. The van der Waals surface area contributed by atoms with E-state index in [-0.39, 0.29) is 24.3 Å². The Morgan fingerprint density at radius 1 is 1.18 bits per heavy atom. The van der Waals surface area contributed by atoms with Crippen molar-refractivity contribution in [1.82, 2.24) is 24.0 Å². The van der Waals surface area contributed by atoms with Crippen molar-refractivity contribution in [2.45, 2.75) is 26.5 Å². The van der Waals surface area contributed by atoms with Crippen molar-refractivity contribution in [3.63, 3.8) is 0 Å². The summed E-state index contributed by atoms with van der Waals surface area (Å²) in [4.78, 5) is 33.7. The van der Waals surface area contributed by atoms with Crippen molar-refractivity contribution < 1.29 is 14.6 Å². The highest BCUT2D eigenvalue weighted by atomic mass is 16.5. The highest BCUT2D eigenvalue weighted by molar-refractivity contribution is 5.74. The fourth-order valence-electron chi connectivity index (χ4n) is 3.54. The van der Waals surface area contributed by atoms with E-state index in [1.165, 1.54) is 4.57 Å². The third-order valence-corrected chi connectivity index (χ3v) is 5.51. The summed E-state index contributed by atoms with van der Waals surface area (Å²) in [6.45, 7) is 7.47. The average Bonchev–Trinajstić information content (AvgIpc) is 3.18. The summed E-state index contributed by atoms with van der Waals surface area (Å²) in [6.07, 6.45) is -0.926. The Bertz CT molecular complexity index is 1160. The van der Waals surface area contributed by atoms with Gasteiger partial charge in [-0.05, 0) is 37.4 Å². The number of methoxy groups -OCH3 is 1. The summed E-state index contributed by atoms with van der Waals surface area (Å²) in [5.41, 5.74) is -0.640. The number of aromatic nitrogens is 4. The Balaban J connectivity index is 1.81. The first-order valence-electron chi connectivity index (χ1n) is 11.0. The number of nitrogens with zero attached hydrogens (tertiary/aromatic N) is 4. The summed E-state index contributed by atoms with van der Waals surface area (Å²) in [5, 5.41) is 13.9. The molecule has 2 heterocycles. The van der Waals surface area contributed by atoms with E-state index in [1.807, 2.05) is 0 Å². The molecule has 1 aromatic carbocycles. The molecule has 0 bridgehead atoms. The number of benzene rings is 1. The summed E-state index contributed by atoms with van der Waals surface area (Å²) in [5.74, 6) is 1.70. The summed E-state index contributed by atoms with van der Waals surface area (Å²) >= 11 is 0. The minimum absolute atomic E-state index is 0.00849. The van der Waals surface area contributed by atoms with Gasteiger partial charge in [0.1, 0.15) is 24.2 Å². The number of aliphatic hydroxyl groups excluding tert-OH is 1. The molecule has 3 rings (SSSR count). The second-order valence-electron chi connectivity index (χ2n) is 7.63.